The lowest BCUT2D eigenvalue weighted by atomic mass is 9.96. The maximum atomic E-state index is 13.3. The third-order valence-electron chi connectivity index (χ3n) is 5.53. The van der Waals surface area contributed by atoms with Crippen molar-refractivity contribution in [2.45, 2.75) is 30.3 Å². The van der Waals surface area contributed by atoms with Crippen molar-refractivity contribution in [2.75, 3.05) is 24.5 Å². The highest BCUT2D eigenvalue weighted by Crippen LogP contribution is 2.36. The molecule has 0 spiro atoms. The summed E-state index contributed by atoms with van der Waals surface area (Å²) in [5.74, 6) is -1.38. The van der Waals surface area contributed by atoms with E-state index in [0.29, 0.717) is 5.69 Å². The molecule has 33 heavy (non-hydrogen) atoms. The number of primary amides is 1. The van der Waals surface area contributed by atoms with Crippen LogP contribution in [0, 0.1) is 5.92 Å². The van der Waals surface area contributed by atoms with Gasteiger partial charge in [-0.1, -0.05) is 30.3 Å². The van der Waals surface area contributed by atoms with Crippen LogP contribution in [0.15, 0.2) is 59.5 Å². The fourth-order valence-corrected chi connectivity index (χ4v) is 5.51. The van der Waals surface area contributed by atoms with Crippen LogP contribution >= 0.6 is 0 Å². The molecule has 2 aromatic rings. The largest absolute Gasteiger partial charge is 0.417 e. The Labute approximate surface area is 190 Å². The van der Waals surface area contributed by atoms with Crippen molar-refractivity contribution >= 4 is 27.5 Å². The van der Waals surface area contributed by atoms with Crippen molar-refractivity contribution in [1.82, 2.24) is 4.31 Å². The Morgan fingerprint density at radius 2 is 1.58 bits per heavy atom. The molecular formula is C22H24F3N3O4S. The molecule has 0 bridgehead atoms. The van der Waals surface area contributed by atoms with Gasteiger partial charge >= 0.3 is 6.18 Å². The average Bonchev–Trinajstić information content (AvgIpc) is 2.79. The topological polar surface area (TPSA) is 101 Å². The number of hydrogen-bond acceptors (Lipinski definition) is 4. The predicted molar refractivity (Wildman–Crippen MR) is 116 cm³/mol. The summed E-state index contributed by atoms with van der Waals surface area (Å²) < 4.78 is 66.9. The lowest BCUT2D eigenvalue weighted by Gasteiger charge is -2.34. The van der Waals surface area contributed by atoms with Gasteiger partial charge in [-0.25, -0.2) is 8.42 Å². The quantitative estimate of drug-likeness (QED) is 0.654. The minimum atomic E-state index is -4.81. The van der Waals surface area contributed by atoms with E-state index in [1.54, 1.807) is 30.3 Å². The molecule has 1 aliphatic heterocycles. The van der Waals surface area contributed by atoms with Crippen LogP contribution in [0.25, 0.3) is 0 Å². The predicted octanol–water partition coefficient (Wildman–Crippen LogP) is 3.01. The van der Waals surface area contributed by atoms with Crippen LogP contribution in [0.5, 0.6) is 0 Å². The second kappa shape index (κ2) is 9.92. The number of halogens is 3. The Morgan fingerprint density at radius 3 is 2.15 bits per heavy atom. The van der Waals surface area contributed by atoms with Gasteiger partial charge in [0, 0.05) is 37.7 Å². The number of para-hydroxylation sites is 1. The van der Waals surface area contributed by atoms with Crippen molar-refractivity contribution in [3.63, 3.8) is 0 Å². The number of anilines is 1. The van der Waals surface area contributed by atoms with Crippen molar-refractivity contribution in [3.05, 3.63) is 60.2 Å². The van der Waals surface area contributed by atoms with Crippen LogP contribution in [0.3, 0.4) is 0 Å². The molecule has 1 aliphatic rings. The van der Waals surface area contributed by atoms with Gasteiger partial charge in [-0.2, -0.15) is 17.5 Å². The van der Waals surface area contributed by atoms with Gasteiger partial charge in [0.25, 0.3) is 0 Å². The van der Waals surface area contributed by atoms with Crippen LogP contribution in [0.4, 0.5) is 18.9 Å². The first-order chi connectivity index (χ1) is 15.5. The number of sulfonamides is 1. The highest BCUT2D eigenvalue weighted by molar-refractivity contribution is 7.89. The maximum Gasteiger partial charge on any atom is 0.417 e. The molecule has 0 aliphatic carbocycles. The average molecular weight is 484 g/mol. The molecule has 2 amide bonds. The third-order valence-corrected chi connectivity index (χ3v) is 7.49. The first-order valence-corrected chi connectivity index (χ1v) is 11.8. The van der Waals surface area contributed by atoms with Crippen molar-refractivity contribution in [3.8, 4) is 0 Å². The second-order valence-corrected chi connectivity index (χ2v) is 9.62. The van der Waals surface area contributed by atoms with Gasteiger partial charge < -0.3 is 10.6 Å². The molecule has 11 heteroatoms. The molecular weight excluding hydrogens is 459 g/mol. The Hall–Kier alpha value is -2.92. The van der Waals surface area contributed by atoms with Gasteiger partial charge in [0.1, 0.15) is 0 Å². The number of nitrogens with two attached hydrogens (primary N) is 1. The number of rotatable bonds is 7. The fourth-order valence-electron chi connectivity index (χ4n) is 3.82. The van der Waals surface area contributed by atoms with Gasteiger partial charge in [-0.05, 0) is 37.1 Å². The van der Waals surface area contributed by atoms with E-state index in [1.807, 2.05) is 0 Å². The number of carbonyl (C=O) groups is 2. The standard InChI is InChI=1S/C22H24F3N3O4S/c23-22(24,25)18-8-4-5-9-19(18)33(31,32)27-13-10-16(11-14-27)21(30)28(15-12-20(26)29)17-6-2-1-3-7-17/h1-9,16H,10-15H2,(H2,26,29). The summed E-state index contributed by atoms with van der Waals surface area (Å²) in [7, 11) is -4.39. The number of nitrogens with zero attached hydrogens (tertiary/aromatic N) is 2. The summed E-state index contributed by atoms with van der Waals surface area (Å²) in [6.45, 7) is -0.109. The van der Waals surface area contributed by atoms with E-state index < -0.39 is 38.5 Å². The molecule has 2 aromatic carbocycles. The van der Waals surface area contributed by atoms with E-state index in [0.717, 1.165) is 22.5 Å². The Morgan fingerprint density at radius 1 is 1.00 bits per heavy atom. The van der Waals surface area contributed by atoms with E-state index in [1.165, 1.54) is 11.0 Å². The monoisotopic (exact) mass is 483 g/mol. The van der Waals surface area contributed by atoms with Crippen molar-refractivity contribution in [1.29, 1.82) is 0 Å². The van der Waals surface area contributed by atoms with Crippen LogP contribution in [-0.4, -0.2) is 44.2 Å². The van der Waals surface area contributed by atoms with Crippen molar-refractivity contribution in [2.24, 2.45) is 11.7 Å². The van der Waals surface area contributed by atoms with Crippen molar-refractivity contribution < 1.29 is 31.2 Å². The van der Waals surface area contributed by atoms with Crippen LogP contribution in [-0.2, 0) is 25.8 Å². The highest BCUT2D eigenvalue weighted by atomic mass is 32.2. The zero-order valence-electron chi connectivity index (χ0n) is 17.7. The summed E-state index contributed by atoms with van der Waals surface area (Å²) in [5.41, 5.74) is 4.59. The summed E-state index contributed by atoms with van der Waals surface area (Å²) in [4.78, 5) is 25.1. The molecule has 1 saturated heterocycles. The molecule has 7 nitrogen and oxygen atoms in total. The van der Waals surface area contributed by atoms with Gasteiger partial charge in [-0.3, -0.25) is 9.59 Å². The molecule has 2 N–H and O–H groups in total. The van der Waals surface area contributed by atoms with Gasteiger partial charge in [0.15, 0.2) is 0 Å². The fraction of sp³-hybridized carbons (Fsp3) is 0.364. The number of alkyl halides is 3. The zero-order chi connectivity index (χ0) is 24.2. The lowest BCUT2D eigenvalue weighted by molar-refractivity contribution is -0.140. The van der Waals surface area contributed by atoms with E-state index >= 15 is 0 Å². The molecule has 1 fully saturated rings. The van der Waals surface area contributed by atoms with Crippen LogP contribution in [0.1, 0.15) is 24.8 Å². The number of piperidine rings is 1. The maximum absolute atomic E-state index is 13.3. The van der Waals surface area contributed by atoms with Gasteiger partial charge in [0.2, 0.25) is 21.8 Å². The summed E-state index contributed by atoms with van der Waals surface area (Å²) >= 11 is 0. The minimum Gasteiger partial charge on any atom is -0.370 e. The van der Waals surface area contributed by atoms with Gasteiger partial charge in [0.05, 0.1) is 10.5 Å². The minimum absolute atomic E-state index is 0.0396. The molecule has 3 rings (SSSR count). The van der Waals surface area contributed by atoms with E-state index in [-0.39, 0.29) is 44.8 Å². The normalized spacial score (nSPS) is 15.8. The Bertz CT molecular complexity index is 1100. The van der Waals surface area contributed by atoms with E-state index in [4.69, 9.17) is 5.73 Å². The smallest absolute Gasteiger partial charge is 0.370 e. The van der Waals surface area contributed by atoms with E-state index in [9.17, 15) is 31.2 Å². The van der Waals surface area contributed by atoms with E-state index in [2.05, 4.69) is 0 Å². The number of hydrogen-bond donors (Lipinski definition) is 1. The van der Waals surface area contributed by atoms with Crippen LogP contribution in [0.2, 0.25) is 0 Å². The van der Waals surface area contributed by atoms with Gasteiger partial charge in [-0.15, -0.1) is 0 Å². The molecule has 0 atom stereocenters. The number of benzene rings is 2. The summed E-state index contributed by atoms with van der Waals surface area (Å²) in [5, 5.41) is 0. The Kier molecular flexibility index (Phi) is 7.43. The first-order valence-electron chi connectivity index (χ1n) is 10.3. The SMILES string of the molecule is NC(=O)CCN(C(=O)C1CCN(S(=O)(=O)c2ccccc2C(F)(F)F)CC1)c1ccccc1. The molecule has 178 valence electrons. The molecule has 0 saturated carbocycles. The Balaban J connectivity index is 1.76. The first kappa shape index (κ1) is 24.7. The number of carbonyl (C=O) groups excluding carboxylic acids is 2. The highest BCUT2D eigenvalue weighted by Gasteiger charge is 2.40. The van der Waals surface area contributed by atoms with Crippen LogP contribution < -0.4 is 10.6 Å². The summed E-state index contributed by atoms with van der Waals surface area (Å²) in [6.07, 6.45) is -4.56. The lowest BCUT2D eigenvalue weighted by Crippen LogP contribution is -2.45. The zero-order valence-corrected chi connectivity index (χ0v) is 18.5. The molecule has 0 aromatic heterocycles. The molecule has 1 heterocycles. The molecule has 0 radical (unpaired) electrons. The summed E-state index contributed by atoms with van der Waals surface area (Å²) in [6, 6.07) is 12.8. The molecule has 0 unspecified atom stereocenters. The third kappa shape index (κ3) is 5.72. The second-order valence-electron chi connectivity index (χ2n) is 7.71. The number of amides is 2.